The summed E-state index contributed by atoms with van der Waals surface area (Å²) in [5.74, 6) is -2.28. The second kappa shape index (κ2) is 10.0. The number of carboxylic acids is 1. The number of hydrogen-bond acceptors (Lipinski definition) is 7. The number of alkyl halides is 3. The van der Waals surface area contributed by atoms with Gasteiger partial charge in [0.15, 0.2) is 11.5 Å². The van der Waals surface area contributed by atoms with Crippen molar-refractivity contribution in [1.29, 1.82) is 0 Å². The lowest BCUT2D eigenvalue weighted by Gasteiger charge is -2.14. The number of carbonyl (C=O) groups is 1. The molecule has 2 N–H and O–H groups in total. The van der Waals surface area contributed by atoms with E-state index in [2.05, 4.69) is 25.4 Å². The summed E-state index contributed by atoms with van der Waals surface area (Å²) in [6, 6.07) is 5.77. The minimum Gasteiger partial charge on any atom is -0.477 e. The fourth-order valence-electron chi connectivity index (χ4n) is 3.18. The first-order valence-corrected chi connectivity index (χ1v) is 10.9. The maximum absolute atomic E-state index is 13.5. The third kappa shape index (κ3) is 5.77. The van der Waals surface area contributed by atoms with Crippen molar-refractivity contribution in [3.05, 3.63) is 71.0 Å². The van der Waals surface area contributed by atoms with Crippen molar-refractivity contribution in [2.75, 3.05) is 5.32 Å². The van der Waals surface area contributed by atoms with E-state index in [1.807, 2.05) is 0 Å². The predicted molar refractivity (Wildman–Crippen MR) is 125 cm³/mol. The number of aromatic nitrogens is 5. The molecular weight excluding hydrogens is 520 g/mol. The van der Waals surface area contributed by atoms with Gasteiger partial charge in [-0.2, -0.15) is 23.3 Å². The van der Waals surface area contributed by atoms with Crippen molar-refractivity contribution in [1.82, 2.24) is 24.7 Å². The van der Waals surface area contributed by atoms with Crippen LogP contribution in [0.2, 0.25) is 5.02 Å². The summed E-state index contributed by atoms with van der Waals surface area (Å²) in [7, 11) is 0. The molecule has 0 saturated heterocycles. The molecule has 192 valence electrons. The van der Waals surface area contributed by atoms with Gasteiger partial charge in [-0.25, -0.2) is 23.8 Å². The van der Waals surface area contributed by atoms with E-state index in [9.17, 15) is 27.5 Å². The van der Waals surface area contributed by atoms with Crippen molar-refractivity contribution in [3.63, 3.8) is 0 Å². The Bertz CT molecular complexity index is 1480. The van der Waals surface area contributed by atoms with Gasteiger partial charge < -0.3 is 15.2 Å². The lowest BCUT2D eigenvalue weighted by atomic mass is 10.1. The fraction of sp³-hybridized carbons (Fsp3) is 0.174. The van der Waals surface area contributed by atoms with Crippen LogP contribution in [0.3, 0.4) is 0 Å². The zero-order chi connectivity index (χ0) is 26.9. The Morgan fingerprint density at radius 3 is 2.54 bits per heavy atom. The van der Waals surface area contributed by atoms with Gasteiger partial charge in [-0.05, 0) is 44.2 Å². The van der Waals surface area contributed by atoms with Crippen molar-refractivity contribution in [2.24, 2.45) is 0 Å². The number of aromatic carboxylic acids is 1. The van der Waals surface area contributed by atoms with Crippen LogP contribution in [0.15, 0.2) is 48.9 Å². The van der Waals surface area contributed by atoms with Gasteiger partial charge in [-0.3, -0.25) is 0 Å². The molecule has 4 rings (SSSR count). The van der Waals surface area contributed by atoms with Crippen LogP contribution in [0.4, 0.5) is 29.2 Å². The van der Waals surface area contributed by atoms with Crippen LogP contribution in [-0.4, -0.2) is 41.9 Å². The van der Waals surface area contributed by atoms with Gasteiger partial charge in [-0.1, -0.05) is 11.6 Å². The number of pyridine rings is 1. The van der Waals surface area contributed by atoms with Gasteiger partial charge in [0, 0.05) is 35.4 Å². The van der Waals surface area contributed by atoms with Crippen LogP contribution in [0.25, 0.3) is 16.9 Å². The molecule has 9 nitrogen and oxygen atoms in total. The maximum atomic E-state index is 13.5. The molecule has 0 unspecified atom stereocenters. The summed E-state index contributed by atoms with van der Waals surface area (Å²) in [6.07, 6.45) is -1.47. The molecule has 0 saturated carbocycles. The third-order valence-corrected chi connectivity index (χ3v) is 5.07. The molecule has 0 aliphatic heterocycles. The first kappa shape index (κ1) is 25.8. The SMILES string of the molecule is CC(C)Oc1ncc(-c2cnc(Nc3ccc(F)c(Cl)c3)nc2-n2ccc(C(F)(F)F)n2)cc1C(=O)O. The van der Waals surface area contributed by atoms with Crippen LogP contribution in [-0.2, 0) is 6.18 Å². The Labute approximate surface area is 211 Å². The van der Waals surface area contributed by atoms with Gasteiger partial charge in [0.1, 0.15) is 11.4 Å². The molecule has 0 spiro atoms. The summed E-state index contributed by atoms with van der Waals surface area (Å²) in [6.45, 7) is 3.40. The minimum absolute atomic E-state index is 0.0725. The zero-order valence-corrected chi connectivity index (χ0v) is 19.8. The molecule has 3 heterocycles. The smallest absolute Gasteiger partial charge is 0.435 e. The van der Waals surface area contributed by atoms with Gasteiger partial charge in [-0.15, -0.1) is 0 Å². The maximum Gasteiger partial charge on any atom is 0.435 e. The highest BCUT2D eigenvalue weighted by atomic mass is 35.5. The molecule has 4 aromatic rings. The number of anilines is 2. The molecule has 0 radical (unpaired) electrons. The van der Waals surface area contributed by atoms with Crippen LogP contribution in [0.5, 0.6) is 5.88 Å². The molecule has 3 aromatic heterocycles. The summed E-state index contributed by atoms with van der Waals surface area (Å²) in [5, 5.41) is 15.8. The lowest BCUT2D eigenvalue weighted by molar-refractivity contribution is -0.141. The van der Waals surface area contributed by atoms with Gasteiger partial charge in [0.25, 0.3) is 0 Å². The quantitative estimate of drug-likeness (QED) is 0.286. The molecule has 0 bridgehead atoms. The van der Waals surface area contributed by atoms with E-state index in [0.29, 0.717) is 5.69 Å². The number of ether oxygens (including phenoxy) is 1. The molecule has 0 aliphatic rings. The first-order chi connectivity index (χ1) is 17.4. The summed E-state index contributed by atoms with van der Waals surface area (Å²) in [5.41, 5.74) is -0.806. The Morgan fingerprint density at radius 2 is 1.92 bits per heavy atom. The topological polar surface area (TPSA) is 115 Å². The van der Waals surface area contributed by atoms with Crippen LogP contribution in [0, 0.1) is 5.82 Å². The van der Waals surface area contributed by atoms with E-state index >= 15 is 0 Å². The summed E-state index contributed by atoms with van der Waals surface area (Å²) < 4.78 is 59.5. The molecule has 0 aliphatic carbocycles. The Kier molecular flexibility index (Phi) is 6.99. The Morgan fingerprint density at radius 1 is 1.16 bits per heavy atom. The molecule has 1 aromatic carbocycles. The monoisotopic (exact) mass is 536 g/mol. The molecule has 37 heavy (non-hydrogen) atoms. The molecule has 0 amide bonds. The van der Waals surface area contributed by atoms with Gasteiger partial charge in [0.05, 0.1) is 11.1 Å². The largest absolute Gasteiger partial charge is 0.477 e. The normalized spacial score (nSPS) is 11.6. The number of benzene rings is 1. The van der Waals surface area contributed by atoms with E-state index in [1.165, 1.54) is 30.6 Å². The number of nitrogens with zero attached hydrogens (tertiary/aromatic N) is 5. The van der Waals surface area contributed by atoms with E-state index in [0.717, 1.165) is 23.0 Å². The number of nitrogens with one attached hydrogen (secondary N) is 1. The summed E-state index contributed by atoms with van der Waals surface area (Å²) in [4.78, 5) is 24.3. The average Bonchev–Trinajstić information content (AvgIpc) is 3.32. The van der Waals surface area contributed by atoms with Gasteiger partial charge in [0.2, 0.25) is 11.8 Å². The van der Waals surface area contributed by atoms with Gasteiger partial charge >= 0.3 is 12.1 Å². The van der Waals surface area contributed by atoms with E-state index in [4.69, 9.17) is 16.3 Å². The highest BCUT2D eigenvalue weighted by Gasteiger charge is 2.34. The minimum atomic E-state index is -4.71. The second-order valence-corrected chi connectivity index (χ2v) is 8.28. The fourth-order valence-corrected chi connectivity index (χ4v) is 3.36. The van der Waals surface area contributed by atoms with Crippen molar-refractivity contribution in [3.8, 4) is 22.8 Å². The predicted octanol–water partition coefficient (Wildman–Crippen LogP) is 5.76. The second-order valence-electron chi connectivity index (χ2n) is 7.88. The highest BCUT2D eigenvalue weighted by Crippen LogP contribution is 2.32. The Balaban J connectivity index is 1.84. The van der Waals surface area contributed by atoms with Crippen molar-refractivity contribution < 1.29 is 32.2 Å². The van der Waals surface area contributed by atoms with Crippen LogP contribution >= 0.6 is 11.6 Å². The van der Waals surface area contributed by atoms with E-state index < -0.39 is 23.7 Å². The highest BCUT2D eigenvalue weighted by molar-refractivity contribution is 6.31. The van der Waals surface area contributed by atoms with E-state index in [1.54, 1.807) is 13.8 Å². The lowest BCUT2D eigenvalue weighted by Crippen LogP contribution is -2.12. The Hall–Kier alpha value is -4.26. The first-order valence-electron chi connectivity index (χ1n) is 10.5. The van der Waals surface area contributed by atoms with Crippen molar-refractivity contribution >= 4 is 29.2 Å². The standard InChI is InChI=1S/C23H17ClF4N6O3/c1-11(2)37-20-14(21(35)36)7-12(9-29-20)15-10-30-22(31-13-3-4-17(25)16(24)8-13)32-19(15)34-6-5-18(33-34)23(26,27)28/h3-11H,1-2H3,(H,35,36)(H,30,31,32). The van der Waals surface area contributed by atoms with Crippen LogP contribution in [0.1, 0.15) is 29.9 Å². The number of carboxylic acid groups (broad SMARTS) is 1. The third-order valence-electron chi connectivity index (χ3n) is 4.78. The molecule has 0 atom stereocenters. The van der Waals surface area contributed by atoms with Crippen LogP contribution < -0.4 is 10.1 Å². The summed E-state index contributed by atoms with van der Waals surface area (Å²) >= 11 is 5.80. The number of halogens is 5. The molecular formula is C23H17ClF4N6O3. The number of hydrogen-bond donors (Lipinski definition) is 2. The van der Waals surface area contributed by atoms with E-state index in [-0.39, 0.29) is 45.5 Å². The number of rotatable bonds is 7. The van der Waals surface area contributed by atoms with Crippen molar-refractivity contribution in [2.45, 2.75) is 26.1 Å². The molecule has 0 fully saturated rings. The average molecular weight is 537 g/mol. The molecule has 14 heteroatoms. The zero-order valence-electron chi connectivity index (χ0n) is 19.1.